The molecule has 1 aliphatic rings. The van der Waals surface area contributed by atoms with Gasteiger partial charge in [-0.2, -0.15) is 0 Å². The number of rotatable bonds is 12. The third-order valence-electron chi connectivity index (χ3n) is 7.77. The summed E-state index contributed by atoms with van der Waals surface area (Å²) in [5.74, 6) is -3.03. The Balaban J connectivity index is 1.36. The van der Waals surface area contributed by atoms with E-state index >= 15 is 0 Å². The first-order valence-electron chi connectivity index (χ1n) is 14.4. The zero-order chi connectivity index (χ0) is 31.1. The van der Waals surface area contributed by atoms with Crippen LogP contribution in [0.3, 0.4) is 0 Å². The van der Waals surface area contributed by atoms with Crippen LogP contribution in [-0.2, 0) is 33.8 Å². The number of carboxylic acids is 1. The van der Waals surface area contributed by atoms with Crippen LogP contribution in [-0.4, -0.2) is 49.7 Å². The highest BCUT2D eigenvalue weighted by molar-refractivity contribution is 7.69. The van der Waals surface area contributed by atoms with Gasteiger partial charge in [-0.05, 0) is 35.6 Å². The van der Waals surface area contributed by atoms with E-state index in [0.717, 1.165) is 27.6 Å². The van der Waals surface area contributed by atoms with Crippen molar-refractivity contribution in [2.24, 2.45) is 0 Å². The maximum absolute atomic E-state index is 13.5. The number of aromatic nitrogens is 1. The first-order chi connectivity index (χ1) is 21.2. The predicted molar refractivity (Wildman–Crippen MR) is 168 cm³/mol. The molecule has 0 unspecified atom stereocenters. The number of fused-ring (bicyclic) bond motifs is 1. The molecule has 0 fully saturated rings. The number of carbonyl (C=O) groups is 3. The van der Waals surface area contributed by atoms with Crippen LogP contribution in [0.4, 0.5) is 4.79 Å². The second kappa shape index (κ2) is 13.9. The lowest BCUT2D eigenvalue weighted by Gasteiger charge is -2.25. The largest absolute Gasteiger partial charge is 0.480 e. The summed E-state index contributed by atoms with van der Waals surface area (Å²) in [4.78, 5) is 65.1. The Labute approximate surface area is 255 Å². The Morgan fingerprint density at radius 1 is 0.841 bits per heavy atom. The number of aliphatic carboxylic acids is 1. The minimum Gasteiger partial charge on any atom is -0.480 e. The topological polar surface area (TPSA) is 161 Å². The molecule has 1 aromatic heterocycles. The highest BCUT2D eigenvalue weighted by Crippen LogP contribution is 2.66. The van der Waals surface area contributed by atoms with E-state index in [4.69, 9.17) is 4.74 Å². The summed E-state index contributed by atoms with van der Waals surface area (Å²) in [7, 11) is -4.13. The second-order valence-corrected chi connectivity index (χ2v) is 13.2. The lowest BCUT2D eigenvalue weighted by molar-refractivity contribution is -0.141. The number of allylic oxidation sites excluding steroid dienone is 1. The number of hydrogen-bond donors (Lipinski definition) is 6. The molecule has 11 heteroatoms. The van der Waals surface area contributed by atoms with Gasteiger partial charge in [0.2, 0.25) is 5.78 Å². The van der Waals surface area contributed by atoms with Crippen molar-refractivity contribution >= 4 is 36.6 Å². The van der Waals surface area contributed by atoms with E-state index in [0.29, 0.717) is 6.42 Å². The number of alkyl carbamates (subject to hydrolysis) is 1. The summed E-state index contributed by atoms with van der Waals surface area (Å²) in [6.45, 7) is -0.00358. The molecule has 2 amide bonds. The lowest BCUT2D eigenvalue weighted by Crippen LogP contribution is -2.43. The molecule has 1 heterocycles. The molecule has 6 N–H and O–H groups in total. The van der Waals surface area contributed by atoms with E-state index in [9.17, 15) is 29.3 Å². The van der Waals surface area contributed by atoms with Crippen molar-refractivity contribution in [1.82, 2.24) is 15.6 Å². The van der Waals surface area contributed by atoms with Crippen molar-refractivity contribution in [3.63, 3.8) is 0 Å². The fourth-order valence-corrected chi connectivity index (χ4v) is 7.72. The molecule has 0 aliphatic heterocycles. The standard InChI is InChI=1S/C33H34N3O7P/c37-31(35-28(32(38)39)19-24-20-34-27-16-8-7-14-25(24)27)26-15-9-17-29(26)44(41,42)30(18-22-10-3-1-4-11-22)36-33(40)43-21-23-12-5-2-6-13-23/h1-8,10-14,16,20,28,30,34,41-42H,9,15,17-19,21H2,(H2-,35,36,37,38,39,40)/p+1/t28-,30+/m0/s1. The minimum atomic E-state index is -4.13. The van der Waals surface area contributed by atoms with Crippen molar-refractivity contribution in [2.45, 2.75) is 50.5 Å². The van der Waals surface area contributed by atoms with Crippen LogP contribution in [0.5, 0.6) is 0 Å². The lowest BCUT2D eigenvalue weighted by atomic mass is 10.0. The number of carbonyl (C=O) groups excluding carboxylic acids is 2. The van der Waals surface area contributed by atoms with Crippen LogP contribution in [0.15, 0.2) is 102 Å². The maximum Gasteiger partial charge on any atom is 0.410 e. The summed E-state index contributed by atoms with van der Waals surface area (Å²) in [6, 6.07) is 24.4. The van der Waals surface area contributed by atoms with Crippen LogP contribution in [0.1, 0.15) is 36.0 Å². The molecule has 10 nitrogen and oxygen atoms in total. The van der Waals surface area contributed by atoms with Crippen LogP contribution >= 0.6 is 7.72 Å². The molecule has 0 bridgehead atoms. The van der Waals surface area contributed by atoms with E-state index in [2.05, 4.69) is 15.6 Å². The van der Waals surface area contributed by atoms with Crippen molar-refractivity contribution < 1.29 is 34.0 Å². The van der Waals surface area contributed by atoms with Crippen molar-refractivity contribution in [3.8, 4) is 0 Å². The Hall–Kier alpha value is -4.50. The zero-order valence-electron chi connectivity index (χ0n) is 24.0. The summed E-state index contributed by atoms with van der Waals surface area (Å²) >= 11 is 0. The molecule has 44 heavy (non-hydrogen) atoms. The number of nitrogens with one attached hydrogen (secondary N) is 3. The highest BCUT2D eigenvalue weighted by Gasteiger charge is 2.53. The monoisotopic (exact) mass is 616 g/mol. The number of carboxylic acid groups (broad SMARTS) is 1. The van der Waals surface area contributed by atoms with Gasteiger partial charge in [0, 0.05) is 36.4 Å². The van der Waals surface area contributed by atoms with Gasteiger partial charge in [-0.15, -0.1) is 0 Å². The Bertz CT molecular complexity index is 1650. The van der Waals surface area contributed by atoms with Gasteiger partial charge < -0.3 is 20.1 Å². The third kappa shape index (κ3) is 7.34. The Morgan fingerprint density at radius 3 is 2.20 bits per heavy atom. The van der Waals surface area contributed by atoms with Crippen LogP contribution in [0.25, 0.3) is 10.9 Å². The van der Waals surface area contributed by atoms with Gasteiger partial charge in [-0.3, -0.25) is 10.1 Å². The summed E-state index contributed by atoms with van der Waals surface area (Å²) < 4.78 is 5.37. The van der Waals surface area contributed by atoms with E-state index < -0.39 is 37.5 Å². The summed E-state index contributed by atoms with van der Waals surface area (Å²) in [5.41, 5.74) is 3.26. The molecule has 228 valence electrons. The fourth-order valence-electron chi connectivity index (χ4n) is 5.50. The minimum absolute atomic E-state index is 0.00358. The average molecular weight is 617 g/mol. The van der Waals surface area contributed by atoms with E-state index in [1.165, 1.54) is 0 Å². The summed E-state index contributed by atoms with van der Waals surface area (Å²) in [6.07, 6.45) is 1.99. The Morgan fingerprint density at radius 2 is 1.50 bits per heavy atom. The van der Waals surface area contributed by atoms with Gasteiger partial charge in [-0.25, -0.2) is 19.4 Å². The average Bonchev–Trinajstić information content (AvgIpc) is 3.69. The number of amides is 2. The number of H-pyrrole nitrogens is 1. The fraction of sp³-hybridized carbons (Fsp3) is 0.242. The molecule has 0 saturated carbocycles. The normalized spacial score (nSPS) is 14.7. The molecule has 2 atom stereocenters. The number of hydrogen-bond acceptors (Lipinski definition) is 6. The SMILES string of the molecule is O=C(N[C@@H](Cc1ccccc1)[P+](O)(O)C1=C(C(=O)N[C@@H](Cc2c[nH]c3ccccc23)C(=O)O)CCC1)OCc1ccccc1. The van der Waals surface area contributed by atoms with Gasteiger partial charge in [0.25, 0.3) is 5.91 Å². The summed E-state index contributed by atoms with van der Waals surface area (Å²) in [5, 5.41) is 16.2. The van der Waals surface area contributed by atoms with Gasteiger partial charge in [0.1, 0.15) is 18.0 Å². The molecule has 4 aromatic rings. The van der Waals surface area contributed by atoms with E-state index in [1.54, 1.807) is 18.3 Å². The smallest absolute Gasteiger partial charge is 0.410 e. The van der Waals surface area contributed by atoms with Crippen LogP contribution in [0, 0.1) is 0 Å². The molecule has 0 radical (unpaired) electrons. The maximum atomic E-state index is 13.5. The molecule has 0 spiro atoms. The molecule has 5 rings (SSSR count). The van der Waals surface area contributed by atoms with Crippen molar-refractivity contribution in [1.29, 1.82) is 0 Å². The first-order valence-corrected chi connectivity index (χ1v) is 16.2. The van der Waals surface area contributed by atoms with Gasteiger partial charge in [-0.1, -0.05) is 78.9 Å². The van der Waals surface area contributed by atoms with Gasteiger partial charge in [0.05, 0.1) is 5.57 Å². The molecular formula is C33H35N3O7P+. The third-order valence-corrected chi connectivity index (χ3v) is 10.2. The number of para-hydroxylation sites is 1. The zero-order valence-corrected chi connectivity index (χ0v) is 24.9. The molecular weight excluding hydrogens is 581 g/mol. The predicted octanol–water partition coefficient (Wildman–Crippen LogP) is 5.05. The highest BCUT2D eigenvalue weighted by atomic mass is 31.2. The number of ether oxygens (including phenoxy) is 1. The van der Waals surface area contributed by atoms with E-state index in [1.807, 2.05) is 72.8 Å². The van der Waals surface area contributed by atoms with Crippen LogP contribution < -0.4 is 10.6 Å². The molecule has 3 aromatic carbocycles. The van der Waals surface area contributed by atoms with Gasteiger partial charge >= 0.3 is 19.8 Å². The second-order valence-electron chi connectivity index (χ2n) is 10.8. The van der Waals surface area contributed by atoms with Gasteiger partial charge in [0.15, 0.2) is 0 Å². The Kier molecular flexibility index (Phi) is 9.75. The number of benzene rings is 3. The van der Waals surface area contributed by atoms with E-state index in [-0.39, 0.29) is 43.2 Å². The van der Waals surface area contributed by atoms with Crippen molar-refractivity contribution in [3.05, 3.63) is 119 Å². The first kappa shape index (κ1) is 30.9. The molecule has 0 saturated heterocycles. The van der Waals surface area contributed by atoms with Crippen molar-refractivity contribution in [2.75, 3.05) is 0 Å². The number of aromatic amines is 1. The van der Waals surface area contributed by atoms with Crippen LogP contribution in [0.2, 0.25) is 0 Å². The molecule has 1 aliphatic carbocycles. The quantitative estimate of drug-likeness (QED) is 0.122.